The fourth-order valence-electron chi connectivity index (χ4n) is 2.26. The summed E-state index contributed by atoms with van der Waals surface area (Å²) in [5, 5.41) is 14.0. The van der Waals surface area contributed by atoms with Crippen molar-refractivity contribution in [1.82, 2.24) is 10.3 Å². The molecule has 1 aromatic carbocycles. The molecule has 1 unspecified atom stereocenters. The quantitative estimate of drug-likeness (QED) is 0.675. The van der Waals surface area contributed by atoms with E-state index >= 15 is 0 Å². The van der Waals surface area contributed by atoms with Crippen LogP contribution in [0.3, 0.4) is 0 Å². The molecule has 0 radical (unpaired) electrons. The van der Waals surface area contributed by atoms with E-state index in [9.17, 15) is 23.9 Å². The van der Waals surface area contributed by atoms with E-state index in [0.29, 0.717) is 10.1 Å². The third-order valence-electron chi connectivity index (χ3n) is 3.42. The lowest BCUT2D eigenvalue weighted by Crippen LogP contribution is -2.34. The minimum absolute atomic E-state index is 0.0424. The highest BCUT2D eigenvalue weighted by Crippen LogP contribution is 2.18. The van der Waals surface area contributed by atoms with Crippen LogP contribution in [0.25, 0.3) is 10.1 Å². The van der Waals surface area contributed by atoms with Crippen LogP contribution in [0.4, 0.5) is 4.39 Å². The van der Waals surface area contributed by atoms with E-state index < -0.39 is 29.3 Å². The highest BCUT2D eigenvalue weighted by molar-refractivity contribution is 7.17. The number of carbonyl (C=O) groups excluding carboxylic acids is 1. The zero-order valence-corrected chi connectivity index (χ0v) is 12.9. The summed E-state index contributed by atoms with van der Waals surface area (Å²) in [4.78, 5) is 38.1. The fraction of sp³-hybridized carbons (Fsp3) is 0.0625. The molecule has 0 aliphatic carbocycles. The molecule has 3 N–H and O–H groups in total. The van der Waals surface area contributed by atoms with Gasteiger partial charge in [0.1, 0.15) is 11.5 Å². The lowest BCUT2D eigenvalue weighted by molar-refractivity contribution is -0.139. The molecule has 0 saturated carbocycles. The second-order valence-corrected chi connectivity index (χ2v) is 5.93. The van der Waals surface area contributed by atoms with Crippen LogP contribution in [0.2, 0.25) is 0 Å². The molecule has 1 atom stereocenters. The van der Waals surface area contributed by atoms with Gasteiger partial charge in [-0.05, 0) is 35.2 Å². The van der Waals surface area contributed by atoms with Crippen molar-refractivity contribution in [2.45, 2.75) is 6.04 Å². The second-order valence-electron chi connectivity index (χ2n) is 5.01. The number of thiophene rings is 1. The Bertz CT molecular complexity index is 978. The van der Waals surface area contributed by atoms with Crippen LogP contribution in [0.1, 0.15) is 22.1 Å². The summed E-state index contributed by atoms with van der Waals surface area (Å²) in [5.74, 6) is -2.55. The highest BCUT2D eigenvalue weighted by Gasteiger charge is 2.23. The predicted molar refractivity (Wildman–Crippen MR) is 86.7 cm³/mol. The van der Waals surface area contributed by atoms with Crippen LogP contribution < -0.4 is 10.9 Å². The number of fused-ring (bicyclic) bond motifs is 1. The van der Waals surface area contributed by atoms with E-state index in [0.717, 1.165) is 12.1 Å². The molecular formula is C16H11FN2O4S. The molecule has 3 rings (SSSR count). The van der Waals surface area contributed by atoms with Gasteiger partial charge in [-0.2, -0.15) is 0 Å². The maximum atomic E-state index is 13.0. The largest absolute Gasteiger partial charge is 0.479 e. The Morgan fingerprint density at radius 2 is 1.92 bits per heavy atom. The van der Waals surface area contributed by atoms with Gasteiger partial charge in [-0.15, -0.1) is 11.3 Å². The molecule has 0 aliphatic heterocycles. The molecule has 0 fully saturated rings. The fourth-order valence-corrected chi connectivity index (χ4v) is 3.03. The van der Waals surface area contributed by atoms with Gasteiger partial charge in [0, 0.05) is 5.39 Å². The number of aromatic amines is 1. The number of carbonyl (C=O) groups is 2. The maximum Gasteiger partial charge on any atom is 0.330 e. The molecule has 0 spiro atoms. The molecule has 2 aromatic heterocycles. The topological polar surface area (TPSA) is 99.3 Å². The van der Waals surface area contributed by atoms with Crippen LogP contribution in [0, 0.1) is 5.82 Å². The normalized spacial score (nSPS) is 12.0. The van der Waals surface area contributed by atoms with E-state index in [1.807, 2.05) is 0 Å². The first kappa shape index (κ1) is 15.9. The van der Waals surface area contributed by atoms with Gasteiger partial charge in [0.15, 0.2) is 6.04 Å². The minimum Gasteiger partial charge on any atom is -0.479 e. The summed E-state index contributed by atoms with van der Waals surface area (Å²) in [6.07, 6.45) is 0. The van der Waals surface area contributed by atoms with Crippen molar-refractivity contribution in [3.63, 3.8) is 0 Å². The Balaban J connectivity index is 1.91. The standard InChI is InChI=1S/C16H11FN2O4S/c17-10-3-1-8(2-4-10)12(16(22)23)19-14(20)11-7-9-5-6-24-13(9)15(21)18-11/h1-7,12H,(H,18,21)(H,19,20)(H,22,23). The summed E-state index contributed by atoms with van der Waals surface area (Å²) in [6, 6.07) is 6.58. The first-order valence-corrected chi connectivity index (χ1v) is 7.73. The van der Waals surface area contributed by atoms with Gasteiger partial charge in [-0.3, -0.25) is 9.59 Å². The SMILES string of the molecule is O=C(NC(C(=O)O)c1ccc(F)cc1)c1cc2ccsc2c(=O)[nH]1. The minimum atomic E-state index is -1.36. The Morgan fingerprint density at radius 3 is 2.58 bits per heavy atom. The monoisotopic (exact) mass is 346 g/mol. The number of aliphatic carboxylic acids is 1. The van der Waals surface area contributed by atoms with Crippen molar-refractivity contribution in [2.75, 3.05) is 0 Å². The lowest BCUT2D eigenvalue weighted by atomic mass is 10.1. The van der Waals surface area contributed by atoms with Crippen LogP contribution >= 0.6 is 11.3 Å². The summed E-state index contributed by atoms with van der Waals surface area (Å²) >= 11 is 1.25. The third kappa shape index (κ3) is 3.04. The summed E-state index contributed by atoms with van der Waals surface area (Å²) in [5.41, 5.74) is -0.239. The Hall–Kier alpha value is -3.00. The van der Waals surface area contributed by atoms with Gasteiger partial charge in [0.05, 0.1) is 4.70 Å². The zero-order valence-electron chi connectivity index (χ0n) is 12.1. The molecule has 24 heavy (non-hydrogen) atoms. The number of aromatic nitrogens is 1. The van der Waals surface area contributed by atoms with Gasteiger partial charge < -0.3 is 15.4 Å². The molecule has 0 saturated heterocycles. The van der Waals surface area contributed by atoms with Crippen molar-refractivity contribution in [3.05, 3.63) is 69.2 Å². The van der Waals surface area contributed by atoms with E-state index in [-0.39, 0.29) is 11.3 Å². The van der Waals surface area contributed by atoms with Gasteiger partial charge in [-0.1, -0.05) is 12.1 Å². The van der Waals surface area contributed by atoms with Crippen molar-refractivity contribution in [3.8, 4) is 0 Å². The molecule has 2 heterocycles. The molecule has 8 heteroatoms. The Morgan fingerprint density at radius 1 is 1.21 bits per heavy atom. The molecule has 6 nitrogen and oxygen atoms in total. The number of hydrogen-bond donors (Lipinski definition) is 3. The third-order valence-corrected chi connectivity index (χ3v) is 4.35. The predicted octanol–water partition coefficient (Wildman–Crippen LogP) is 2.28. The summed E-state index contributed by atoms with van der Waals surface area (Å²) < 4.78 is 13.5. The first-order chi connectivity index (χ1) is 11.5. The number of benzene rings is 1. The molecule has 3 aromatic rings. The smallest absolute Gasteiger partial charge is 0.330 e. The number of nitrogens with one attached hydrogen (secondary N) is 2. The Labute approximate surface area is 138 Å². The number of amides is 1. The summed E-state index contributed by atoms with van der Waals surface area (Å²) in [7, 11) is 0. The van der Waals surface area contributed by atoms with E-state index in [4.69, 9.17) is 0 Å². The van der Waals surface area contributed by atoms with Crippen molar-refractivity contribution in [2.24, 2.45) is 0 Å². The number of carboxylic acid groups (broad SMARTS) is 1. The van der Waals surface area contributed by atoms with E-state index in [1.54, 1.807) is 11.4 Å². The first-order valence-electron chi connectivity index (χ1n) is 6.85. The second kappa shape index (κ2) is 6.25. The Kier molecular flexibility index (Phi) is 4.13. The van der Waals surface area contributed by atoms with Crippen molar-refractivity contribution < 1.29 is 19.1 Å². The van der Waals surface area contributed by atoms with Crippen LogP contribution in [0.5, 0.6) is 0 Å². The number of halogens is 1. The molecular weight excluding hydrogens is 335 g/mol. The number of hydrogen-bond acceptors (Lipinski definition) is 4. The average molecular weight is 346 g/mol. The van der Waals surface area contributed by atoms with Gasteiger partial charge in [0.2, 0.25) is 0 Å². The number of pyridine rings is 1. The lowest BCUT2D eigenvalue weighted by Gasteiger charge is -2.15. The zero-order chi connectivity index (χ0) is 17.3. The molecule has 0 bridgehead atoms. The van der Waals surface area contributed by atoms with Gasteiger partial charge >= 0.3 is 5.97 Å². The number of rotatable bonds is 4. The molecule has 0 aliphatic rings. The van der Waals surface area contributed by atoms with Gasteiger partial charge in [0.25, 0.3) is 11.5 Å². The van der Waals surface area contributed by atoms with E-state index in [2.05, 4.69) is 10.3 Å². The highest BCUT2D eigenvalue weighted by atomic mass is 32.1. The van der Waals surface area contributed by atoms with Gasteiger partial charge in [-0.25, -0.2) is 9.18 Å². The van der Waals surface area contributed by atoms with Crippen LogP contribution in [-0.2, 0) is 4.79 Å². The van der Waals surface area contributed by atoms with Crippen LogP contribution in [-0.4, -0.2) is 22.0 Å². The number of H-pyrrole nitrogens is 1. The maximum absolute atomic E-state index is 13.0. The van der Waals surface area contributed by atoms with Crippen LogP contribution in [0.15, 0.2) is 46.6 Å². The average Bonchev–Trinajstić information content (AvgIpc) is 3.02. The van der Waals surface area contributed by atoms with Crippen molar-refractivity contribution in [1.29, 1.82) is 0 Å². The summed E-state index contributed by atoms with van der Waals surface area (Å²) in [6.45, 7) is 0. The van der Waals surface area contributed by atoms with E-state index in [1.165, 1.54) is 29.5 Å². The number of carboxylic acids is 1. The molecule has 122 valence electrons. The molecule has 1 amide bonds. The van der Waals surface area contributed by atoms with Crippen molar-refractivity contribution >= 4 is 33.3 Å².